The van der Waals surface area contributed by atoms with E-state index in [0.717, 1.165) is 98.2 Å². The Kier molecular flexibility index (Phi) is 16.7. The summed E-state index contributed by atoms with van der Waals surface area (Å²) in [4.78, 5) is 2.67. The van der Waals surface area contributed by atoms with E-state index in [1.807, 2.05) is 0 Å². The molecule has 8 heteroatoms. The molecule has 0 saturated carbocycles. The molecule has 0 unspecified atom stereocenters. The van der Waals surface area contributed by atoms with Gasteiger partial charge in [0.1, 0.15) is 0 Å². The first-order chi connectivity index (χ1) is 14.9. The maximum absolute atomic E-state index is 3.68. The number of nitrogens with zero attached hydrogens (tertiary/aromatic N) is 1. The van der Waals surface area contributed by atoms with Crippen molar-refractivity contribution in [3.8, 4) is 0 Å². The van der Waals surface area contributed by atoms with Gasteiger partial charge in [0.25, 0.3) is 0 Å². The van der Waals surface area contributed by atoms with Crippen LogP contribution in [0.4, 0.5) is 0 Å². The third-order valence-corrected chi connectivity index (χ3v) is 6.00. The van der Waals surface area contributed by atoms with Gasteiger partial charge in [-0.3, -0.25) is 0 Å². The van der Waals surface area contributed by atoms with Gasteiger partial charge in [-0.2, -0.15) is 0 Å². The summed E-state index contributed by atoms with van der Waals surface area (Å²) in [6.45, 7) is 18.9. The van der Waals surface area contributed by atoms with E-state index in [1.54, 1.807) is 0 Å². The van der Waals surface area contributed by atoms with Crippen molar-refractivity contribution in [1.82, 2.24) is 42.1 Å². The third kappa shape index (κ3) is 14.6. The van der Waals surface area contributed by atoms with Crippen LogP contribution in [0.1, 0.15) is 25.7 Å². The number of nitrogens with one attached hydrogen (secondary N) is 7. The van der Waals surface area contributed by atoms with Crippen LogP contribution in [0.25, 0.3) is 0 Å². The summed E-state index contributed by atoms with van der Waals surface area (Å²) in [7, 11) is 0. The predicted molar refractivity (Wildman–Crippen MR) is 128 cm³/mol. The van der Waals surface area contributed by atoms with Gasteiger partial charge in [0.15, 0.2) is 0 Å². The Morgan fingerprint density at radius 2 is 0.933 bits per heavy atom. The Labute approximate surface area is 185 Å². The van der Waals surface area contributed by atoms with Gasteiger partial charge in [-0.25, -0.2) is 0 Å². The predicted octanol–water partition coefficient (Wildman–Crippen LogP) is -1.38. The molecule has 2 fully saturated rings. The minimum Gasteiger partial charge on any atom is -0.315 e. The first-order valence-corrected chi connectivity index (χ1v) is 12.6. The second-order valence-corrected chi connectivity index (χ2v) is 8.72. The van der Waals surface area contributed by atoms with Crippen molar-refractivity contribution < 1.29 is 0 Å². The Hall–Kier alpha value is -0.320. The molecule has 0 bridgehead atoms. The van der Waals surface area contributed by atoms with Gasteiger partial charge in [-0.1, -0.05) is 0 Å². The average molecular weight is 427 g/mol. The quantitative estimate of drug-likeness (QED) is 0.297. The lowest BCUT2D eigenvalue weighted by Crippen LogP contribution is -2.41. The summed E-state index contributed by atoms with van der Waals surface area (Å²) in [6.07, 6.45) is 4.92. The Morgan fingerprint density at radius 1 is 0.467 bits per heavy atom. The average Bonchev–Trinajstić information content (AvgIpc) is 2.76. The Balaban J connectivity index is 1.71. The van der Waals surface area contributed by atoms with Gasteiger partial charge < -0.3 is 42.1 Å². The molecule has 8 nitrogen and oxygen atoms in total. The summed E-state index contributed by atoms with van der Waals surface area (Å²) in [5, 5.41) is 25.1. The van der Waals surface area contributed by atoms with Gasteiger partial charge in [0.05, 0.1) is 0 Å². The van der Waals surface area contributed by atoms with Gasteiger partial charge in [0, 0.05) is 52.4 Å². The number of hydrogen-bond acceptors (Lipinski definition) is 8. The zero-order valence-corrected chi connectivity index (χ0v) is 19.4. The highest BCUT2D eigenvalue weighted by molar-refractivity contribution is 4.71. The van der Waals surface area contributed by atoms with Crippen LogP contribution >= 0.6 is 0 Å². The molecule has 30 heavy (non-hydrogen) atoms. The molecule has 0 aromatic rings. The normalized spacial score (nSPS) is 25.2. The molecular weight excluding hydrogens is 376 g/mol. The lowest BCUT2D eigenvalue weighted by Gasteiger charge is -2.26. The molecule has 0 atom stereocenters. The van der Waals surface area contributed by atoms with Crippen LogP contribution in [0, 0.1) is 5.92 Å². The van der Waals surface area contributed by atoms with Gasteiger partial charge in [-0.05, 0) is 90.5 Å². The van der Waals surface area contributed by atoms with Crippen LogP contribution < -0.4 is 37.2 Å². The largest absolute Gasteiger partial charge is 0.315 e. The van der Waals surface area contributed by atoms with Crippen LogP contribution in [0.3, 0.4) is 0 Å². The van der Waals surface area contributed by atoms with E-state index < -0.39 is 0 Å². The minimum absolute atomic E-state index is 0.693. The molecule has 0 aliphatic carbocycles. The Bertz CT molecular complexity index is 309. The highest BCUT2D eigenvalue weighted by atomic mass is 15.1. The standard InChI is InChI=1S/C22H50N8/c1-5-24-12-14-28-20-22(21-29-15-13-25-6-1)4-18-30-17-3-9-26-11-10-23-7-2-8-27-16-19-30/h22-29H,1-21H2. The van der Waals surface area contributed by atoms with Crippen LogP contribution in [0.5, 0.6) is 0 Å². The first kappa shape index (κ1) is 25.9. The highest BCUT2D eigenvalue weighted by Crippen LogP contribution is 2.04. The van der Waals surface area contributed by atoms with Crippen molar-refractivity contribution in [2.75, 3.05) is 111 Å². The molecule has 0 aromatic heterocycles. The fraction of sp³-hybridized carbons (Fsp3) is 1.00. The fourth-order valence-electron chi connectivity index (χ4n) is 4.09. The van der Waals surface area contributed by atoms with Crippen LogP contribution in [-0.4, -0.2) is 116 Å². The summed E-state index contributed by atoms with van der Waals surface area (Å²) in [5.41, 5.74) is 0. The summed E-state index contributed by atoms with van der Waals surface area (Å²) < 4.78 is 0. The highest BCUT2D eigenvalue weighted by Gasteiger charge is 2.12. The lowest BCUT2D eigenvalue weighted by molar-refractivity contribution is 0.242. The van der Waals surface area contributed by atoms with E-state index in [9.17, 15) is 0 Å². The molecule has 0 spiro atoms. The van der Waals surface area contributed by atoms with Crippen molar-refractivity contribution in [2.24, 2.45) is 5.92 Å². The molecule has 2 saturated heterocycles. The van der Waals surface area contributed by atoms with Gasteiger partial charge in [-0.15, -0.1) is 0 Å². The van der Waals surface area contributed by atoms with Crippen LogP contribution in [0.2, 0.25) is 0 Å². The topological polar surface area (TPSA) is 87.5 Å². The monoisotopic (exact) mass is 426 g/mol. The molecule has 0 aromatic carbocycles. The van der Waals surface area contributed by atoms with Gasteiger partial charge in [0.2, 0.25) is 0 Å². The molecule has 2 aliphatic rings. The molecule has 2 heterocycles. The lowest BCUT2D eigenvalue weighted by atomic mass is 10.0. The molecule has 2 rings (SSSR count). The van der Waals surface area contributed by atoms with Gasteiger partial charge >= 0.3 is 0 Å². The van der Waals surface area contributed by atoms with E-state index in [-0.39, 0.29) is 0 Å². The van der Waals surface area contributed by atoms with E-state index >= 15 is 0 Å². The molecule has 0 amide bonds. The first-order valence-electron chi connectivity index (χ1n) is 12.6. The van der Waals surface area contributed by atoms with E-state index in [4.69, 9.17) is 0 Å². The Morgan fingerprint density at radius 3 is 1.50 bits per heavy atom. The van der Waals surface area contributed by atoms with Crippen molar-refractivity contribution in [2.45, 2.75) is 25.7 Å². The third-order valence-electron chi connectivity index (χ3n) is 6.00. The SMILES string of the molecule is C1CNCCNCC(CCN2CCCNCCNCCCNCC2)CNCCNC1. The molecule has 0 radical (unpaired) electrons. The van der Waals surface area contributed by atoms with E-state index in [1.165, 1.54) is 38.8 Å². The molecular formula is C22H50N8. The second-order valence-electron chi connectivity index (χ2n) is 8.72. The van der Waals surface area contributed by atoms with E-state index in [2.05, 4.69) is 42.1 Å². The fourth-order valence-corrected chi connectivity index (χ4v) is 4.09. The van der Waals surface area contributed by atoms with Crippen LogP contribution in [-0.2, 0) is 0 Å². The zero-order chi connectivity index (χ0) is 21.0. The maximum atomic E-state index is 3.68. The number of rotatable bonds is 3. The summed E-state index contributed by atoms with van der Waals surface area (Å²) >= 11 is 0. The summed E-state index contributed by atoms with van der Waals surface area (Å²) in [6, 6.07) is 0. The maximum Gasteiger partial charge on any atom is 0.0107 e. The van der Waals surface area contributed by atoms with E-state index in [0.29, 0.717) is 5.92 Å². The zero-order valence-electron chi connectivity index (χ0n) is 19.4. The molecule has 7 N–H and O–H groups in total. The number of hydrogen-bond donors (Lipinski definition) is 7. The minimum atomic E-state index is 0.693. The van der Waals surface area contributed by atoms with Crippen molar-refractivity contribution >= 4 is 0 Å². The second kappa shape index (κ2) is 19.4. The van der Waals surface area contributed by atoms with Crippen molar-refractivity contribution in [3.63, 3.8) is 0 Å². The summed E-state index contributed by atoms with van der Waals surface area (Å²) in [5.74, 6) is 0.693. The van der Waals surface area contributed by atoms with Crippen LogP contribution in [0.15, 0.2) is 0 Å². The van der Waals surface area contributed by atoms with Crippen molar-refractivity contribution in [1.29, 1.82) is 0 Å². The molecule has 178 valence electrons. The molecule has 2 aliphatic heterocycles. The smallest absolute Gasteiger partial charge is 0.0107 e. The van der Waals surface area contributed by atoms with Crippen molar-refractivity contribution in [3.05, 3.63) is 0 Å².